The number of benzene rings is 5. The minimum Gasteiger partial charge on any atom is -0.488 e. The lowest BCUT2D eigenvalue weighted by Crippen LogP contribution is -2.54. The smallest absolute Gasteiger partial charge is 0.335 e. The van der Waals surface area contributed by atoms with Crippen LogP contribution in [-0.2, 0) is 16.2 Å². The number of hydrogen-bond acceptors (Lipinski definition) is 5. The second-order valence-corrected chi connectivity index (χ2v) is 14.7. The van der Waals surface area contributed by atoms with Crippen molar-refractivity contribution in [2.75, 3.05) is 22.9 Å². The summed E-state index contributed by atoms with van der Waals surface area (Å²) in [6, 6.07) is 35.7. The van der Waals surface area contributed by atoms with Crippen LogP contribution in [0.15, 0.2) is 119 Å². The molecular weight excluding hydrogens is 714 g/mol. The highest BCUT2D eigenvalue weighted by Gasteiger charge is 2.40. The highest BCUT2D eigenvalue weighted by Crippen LogP contribution is 2.50. The number of hydrogen-bond donors (Lipinski definition) is 1. The van der Waals surface area contributed by atoms with E-state index in [1.165, 1.54) is 34.0 Å². The summed E-state index contributed by atoms with van der Waals surface area (Å²) < 4.78 is 6.76. The molecule has 0 aromatic heterocycles. The summed E-state index contributed by atoms with van der Waals surface area (Å²) in [7, 11) is 0. The van der Waals surface area contributed by atoms with Gasteiger partial charge in [-0.2, -0.15) is 0 Å². The first kappa shape index (κ1) is 33.7. The number of rotatable bonds is 7. The van der Waals surface area contributed by atoms with Crippen molar-refractivity contribution in [2.24, 2.45) is 0 Å². The molecule has 1 fully saturated rings. The van der Waals surface area contributed by atoms with Crippen LogP contribution in [0.5, 0.6) is 5.75 Å². The van der Waals surface area contributed by atoms with Gasteiger partial charge in [-0.15, -0.1) is 0 Å². The average molecular weight is 753 g/mol. The van der Waals surface area contributed by atoms with Gasteiger partial charge in [0.2, 0.25) is 0 Å². The maximum absolute atomic E-state index is 14.3. The second kappa shape index (κ2) is 13.9. The van der Waals surface area contributed by atoms with Crippen molar-refractivity contribution in [3.8, 4) is 5.75 Å². The summed E-state index contributed by atoms with van der Waals surface area (Å²) in [5, 5.41) is 2.44. The number of carbonyl (C=O) groups excluding carboxylic acids is 3. The molecule has 0 radical (unpaired) electrons. The van der Waals surface area contributed by atoms with Gasteiger partial charge >= 0.3 is 6.03 Å². The number of halogens is 1. The molecule has 0 aliphatic carbocycles. The Hall–Kier alpha value is -5.47. The van der Waals surface area contributed by atoms with E-state index < -0.39 is 17.8 Å². The monoisotopic (exact) mass is 751 g/mol. The van der Waals surface area contributed by atoms with E-state index in [0.717, 1.165) is 47.5 Å². The van der Waals surface area contributed by atoms with Crippen molar-refractivity contribution in [3.05, 3.63) is 164 Å². The lowest BCUT2D eigenvalue weighted by atomic mass is 9.76. The van der Waals surface area contributed by atoms with Crippen molar-refractivity contribution in [1.29, 1.82) is 0 Å². The molecule has 7 nitrogen and oxygen atoms in total. The van der Waals surface area contributed by atoms with E-state index in [2.05, 4.69) is 101 Å². The molecule has 3 heterocycles. The fourth-order valence-electron chi connectivity index (χ4n) is 7.81. The quantitative estimate of drug-likeness (QED) is 0.133. The predicted octanol–water partition coefficient (Wildman–Crippen LogP) is 9.19. The summed E-state index contributed by atoms with van der Waals surface area (Å²) in [4.78, 5) is 44.7. The number of barbiturate groups is 1. The number of nitrogens with zero attached hydrogens (tertiary/aromatic N) is 2. The van der Waals surface area contributed by atoms with Gasteiger partial charge in [-0.25, -0.2) is 9.69 Å². The van der Waals surface area contributed by atoms with Gasteiger partial charge in [0.1, 0.15) is 17.9 Å². The minimum atomic E-state index is -0.758. The first-order valence-electron chi connectivity index (χ1n) is 17.7. The van der Waals surface area contributed by atoms with Crippen molar-refractivity contribution in [1.82, 2.24) is 5.32 Å². The van der Waals surface area contributed by atoms with Gasteiger partial charge < -0.3 is 9.64 Å². The van der Waals surface area contributed by atoms with Crippen LogP contribution in [0.4, 0.5) is 16.2 Å². The van der Waals surface area contributed by atoms with Gasteiger partial charge in [0, 0.05) is 30.6 Å². The molecule has 1 saturated heterocycles. The van der Waals surface area contributed by atoms with Crippen LogP contribution >= 0.6 is 15.9 Å². The van der Waals surface area contributed by atoms with Gasteiger partial charge in [-0.3, -0.25) is 14.9 Å². The summed E-state index contributed by atoms with van der Waals surface area (Å²) in [5.74, 6) is -0.577. The Morgan fingerprint density at radius 3 is 2.00 bits per heavy atom. The molecule has 8 rings (SSSR count). The molecule has 4 amide bonds. The maximum Gasteiger partial charge on any atom is 0.335 e. The van der Waals surface area contributed by atoms with E-state index in [9.17, 15) is 14.4 Å². The van der Waals surface area contributed by atoms with Crippen molar-refractivity contribution >= 4 is 51.2 Å². The van der Waals surface area contributed by atoms with Crippen LogP contribution in [0, 0.1) is 13.8 Å². The summed E-state index contributed by atoms with van der Waals surface area (Å²) >= 11 is 3.60. The van der Waals surface area contributed by atoms with Crippen molar-refractivity contribution < 1.29 is 19.1 Å². The minimum absolute atomic E-state index is 0.0911. The molecule has 2 atom stereocenters. The average Bonchev–Trinajstić information content (AvgIpc) is 3.15. The Kier molecular flexibility index (Phi) is 9.01. The SMILES string of the molecule is Cc1ccc(COc2ccc(/C=C3\C(=O)NC(=O)N(c4cc5c6c(c4)[C@H](c4ccccc4)CCN6CC[C@@H]5c4ccccc4)C3=O)cc2Br)cc1C. The Bertz CT molecular complexity index is 2180. The fourth-order valence-corrected chi connectivity index (χ4v) is 8.32. The van der Waals surface area contributed by atoms with Crippen LogP contribution in [-0.4, -0.2) is 30.9 Å². The Morgan fingerprint density at radius 2 is 1.40 bits per heavy atom. The Labute approximate surface area is 312 Å². The Balaban J connectivity index is 1.15. The third-order valence-corrected chi connectivity index (χ3v) is 11.2. The van der Waals surface area contributed by atoms with Crippen molar-refractivity contribution in [3.63, 3.8) is 0 Å². The number of ether oxygens (including phenoxy) is 1. The number of amides is 4. The predicted molar refractivity (Wildman–Crippen MR) is 208 cm³/mol. The summed E-state index contributed by atoms with van der Waals surface area (Å²) in [6.07, 6.45) is 3.36. The van der Waals surface area contributed by atoms with Gasteiger partial charge in [0.25, 0.3) is 11.8 Å². The molecule has 5 aromatic rings. The number of carbonyl (C=O) groups is 3. The number of imide groups is 2. The first-order valence-corrected chi connectivity index (χ1v) is 18.5. The van der Waals surface area contributed by atoms with Gasteiger partial charge in [-0.05, 0) is 117 Å². The molecule has 5 aromatic carbocycles. The third kappa shape index (κ3) is 6.32. The third-order valence-electron chi connectivity index (χ3n) is 10.6. The molecule has 260 valence electrons. The largest absolute Gasteiger partial charge is 0.488 e. The highest BCUT2D eigenvalue weighted by molar-refractivity contribution is 9.10. The van der Waals surface area contributed by atoms with Crippen LogP contribution in [0.25, 0.3) is 6.08 Å². The van der Waals surface area contributed by atoms with E-state index in [-0.39, 0.29) is 17.4 Å². The van der Waals surface area contributed by atoms with Crippen LogP contribution in [0.1, 0.15) is 69.2 Å². The van der Waals surface area contributed by atoms with Gasteiger partial charge in [0.05, 0.1) is 10.2 Å². The van der Waals surface area contributed by atoms with Crippen LogP contribution in [0.3, 0.4) is 0 Å². The normalized spacial score (nSPS) is 19.1. The zero-order chi connectivity index (χ0) is 35.9. The summed E-state index contributed by atoms with van der Waals surface area (Å²) in [6.45, 7) is 6.41. The van der Waals surface area contributed by atoms with E-state index in [1.807, 2.05) is 30.3 Å². The zero-order valence-electron chi connectivity index (χ0n) is 29.1. The van der Waals surface area contributed by atoms with Crippen LogP contribution in [0.2, 0.25) is 0 Å². The molecule has 0 bridgehead atoms. The number of aryl methyl sites for hydroxylation is 2. The van der Waals surface area contributed by atoms with E-state index in [0.29, 0.717) is 28.1 Å². The van der Waals surface area contributed by atoms with Crippen LogP contribution < -0.4 is 19.9 Å². The second-order valence-electron chi connectivity index (χ2n) is 13.8. The topological polar surface area (TPSA) is 79.0 Å². The molecule has 8 heteroatoms. The number of anilines is 2. The lowest BCUT2D eigenvalue weighted by Gasteiger charge is -2.44. The zero-order valence-corrected chi connectivity index (χ0v) is 30.7. The highest BCUT2D eigenvalue weighted by atomic mass is 79.9. The Morgan fingerprint density at radius 1 is 0.769 bits per heavy atom. The molecule has 0 unspecified atom stereocenters. The van der Waals surface area contributed by atoms with Gasteiger partial charge in [-0.1, -0.05) is 84.9 Å². The molecular formula is C44H38BrN3O4. The number of urea groups is 1. The van der Waals surface area contributed by atoms with E-state index in [1.54, 1.807) is 18.2 Å². The maximum atomic E-state index is 14.3. The molecule has 3 aliphatic heterocycles. The summed E-state index contributed by atoms with van der Waals surface area (Å²) in [5.41, 5.74) is 10.2. The lowest BCUT2D eigenvalue weighted by molar-refractivity contribution is -0.122. The van der Waals surface area contributed by atoms with Gasteiger partial charge in [0.15, 0.2) is 0 Å². The fraction of sp³-hybridized carbons (Fsp3) is 0.205. The standard InChI is InChI=1S/C44H38BrN3O4/c1-27-13-14-30(21-28(27)2)26-52-40-16-15-29(23-39(40)45)22-38-42(49)46-44(51)48(43(38)50)33-24-36-34(31-9-5-3-6-10-31)17-19-47-20-18-35(37(25-33)41(36)47)32-11-7-4-8-12-32/h3-16,21-25,34-35H,17-20,26H2,1-2H3,(H,46,49,51)/b38-22+/t34-,35+. The first-order chi connectivity index (χ1) is 25.2. The molecule has 3 aliphatic rings. The molecule has 0 saturated carbocycles. The van der Waals surface area contributed by atoms with E-state index in [4.69, 9.17) is 4.74 Å². The van der Waals surface area contributed by atoms with E-state index >= 15 is 0 Å². The molecule has 52 heavy (non-hydrogen) atoms. The molecule has 0 spiro atoms. The molecule has 1 N–H and O–H groups in total. The number of nitrogens with one attached hydrogen (secondary N) is 1. The van der Waals surface area contributed by atoms with Crippen molar-refractivity contribution in [2.45, 2.75) is 45.1 Å².